The normalized spacial score (nSPS) is 11.1. The molecular formula is C12H11N3O5S. The Kier molecular flexibility index (Phi) is 3.76. The molecule has 0 amide bonds. The number of aromatic amines is 1. The van der Waals surface area contributed by atoms with Crippen LogP contribution in [0.2, 0.25) is 0 Å². The van der Waals surface area contributed by atoms with Crippen LogP contribution in [0.1, 0.15) is 5.56 Å². The first-order chi connectivity index (χ1) is 9.79. The summed E-state index contributed by atoms with van der Waals surface area (Å²) in [5.74, 6) is 0. The molecule has 0 spiro atoms. The third-order valence-corrected chi connectivity index (χ3v) is 4.10. The summed E-state index contributed by atoms with van der Waals surface area (Å²) in [6, 6.07) is 6.23. The molecule has 2 N–H and O–H groups in total. The zero-order chi connectivity index (χ0) is 15.6. The van der Waals surface area contributed by atoms with Crippen molar-refractivity contribution in [3.05, 3.63) is 62.6 Å². The average molecular weight is 309 g/mol. The Hall–Kier alpha value is -2.68. The number of anilines is 1. The molecule has 2 rings (SSSR count). The maximum Gasteiger partial charge on any atom is 0.274 e. The number of hydrogen-bond donors (Lipinski definition) is 2. The minimum atomic E-state index is -3.93. The van der Waals surface area contributed by atoms with Gasteiger partial charge in [-0.3, -0.25) is 19.6 Å². The average Bonchev–Trinajstić information content (AvgIpc) is 2.41. The fourth-order valence-electron chi connectivity index (χ4n) is 1.65. The van der Waals surface area contributed by atoms with Crippen molar-refractivity contribution in [3.8, 4) is 0 Å². The van der Waals surface area contributed by atoms with Crippen LogP contribution in [0.4, 0.5) is 11.4 Å². The van der Waals surface area contributed by atoms with Gasteiger partial charge in [0.05, 0.1) is 10.6 Å². The van der Waals surface area contributed by atoms with Gasteiger partial charge in [0, 0.05) is 23.9 Å². The van der Waals surface area contributed by atoms with E-state index in [1.807, 2.05) is 0 Å². The monoisotopic (exact) mass is 309 g/mol. The van der Waals surface area contributed by atoms with Crippen LogP contribution in [-0.2, 0) is 10.0 Å². The Morgan fingerprint density at radius 1 is 1.24 bits per heavy atom. The fraction of sp³-hybridized carbons (Fsp3) is 0.0833. The van der Waals surface area contributed by atoms with E-state index in [2.05, 4.69) is 9.71 Å². The van der Waals surface area contributed by atoms with Crippen LogP contribution in [0.3, 0.4) is 0 Å². The second-order valence-corrected chi connectivity index (χ2v) is 5.93. The number of hydrogen-bond acceptors (Lipinski definition) is 5. The number of H-pyrrole nitrogens is 1. The molecule has 0 bridgehead atoms. The standard InChI is InChI=1S/C12H11N3O5S/c1-8-2-3-9(6-11(8)15(17)18)14-21(19,20)10-4-5-12(16)13-7-10/h2-7,14H,1H3,(H,13,16). The van der Waals surface area contributed by atoms with E-state index in [1.54, 1.807) is 6.92 Å². The van der Waals surface area contributed by atoms with Gasteiger partial charge in [-0.1, -0.05) is 6.07 Å². The Balaban J connectivity index is 2.37. The van der Waals surface area contributed by atoms with Gasteiger partial charge >= 0.3 is 0 Å². The van der Waals surface area contributed by atoms with E-state index in [4.69, 9.17) is 0 Å². The van der Waals surface area contributed by atoms with Crippen molar-refractivity contribution in [2.45, 2.75) is 11.8 Å². The Morgan fingerprint density at radius 3 is 2.52 bits per heavy atom. The molecule has 0 atom stereocenters. The topological polar surface area (TPSA) is 122 Å². The molecule has 2 aromatic rings. The number of sulfonamides is 1. The highest BCUT2D eigenvalue weighted by molar-refractivity contribution is 7.92. The van der Waals surface area contributed by atoms with Crippen molar-refractivity contribution in [2.24, 2.45) is 0 Å². The molecule has 110 valence electrons. The summed E-state index contributed by atoms with van der Waals surface area (Å²) in [5.41, 5.74) is -0.123. The molecule has 0 aliphatic rings. The molecule has 1 aromatic heterocycles. The molecule has 21 heavy (non-hydrogen) atoms. The van der Waals surface area contributed by atoms with Gasteiger partial charge in [0.15, 0.2) is 0 Å². The Labute approximate surface area is 119 Å². The van der Waals surface area contributed by atoms with Crippen molar-refractivity contribution in [2.75, 3.05) is 4.72 Å². The smallest absolute Gasteiger partial charge is 0.274 e. The Bertz CT molecular complexity index is 837. The second-order valence-electron chi connectivity index (χ2n) is 4.25. The summed E-state index contributed by atoms with van der Waals surface area (Å²) in [6.07, 6.45) is 1.05. The van der Waals surface area contributed by atoms with Crippen LogP contribution in [0.15, 0.2) is 46.2 Å². The SMILES string of the molecule is Cc1ccc(NS(=O)(=O)c2ccc(=O)[nH]c2)cc1[N+](=O)[O-]. The van der Waals surface area contributed by atoms with Gasteiger partial charge in [-0.2, -0.15) is 0 Å². The lowest BCUT2D eigenvalue weighted by molar-refractivity contribution is -0.385. The zero-order valence-electron chi connectivity index (χ0n) is 10.9. The molecule has 0 fully saturated rings. The van der Waals surface area contributed by atoms with Crippen molar-refractivity contribution < 1.29 is 13.3 Å². The van der Waals surface area contributed by atoms with Crippen LogP contribution < -0.4 is 10.3 Å². The predicted molar refractivity (Wildman–Crippen MR) is 75.7 cm³/mol. The number of nitro groups is 1. The largest absolute Gasteiger partial charge is 0.328 e. The van der Waals surface area contributed by atoms with E-state index in [9.17, 15) is 23.3 Å². The first-order valence-corrected chi connectivity index (χ1v) is 7.24. The molecule has 1 heterocycles. The number of nitrogens with one attached hydrogen (secondary N) is 2. The van der Waals surface area contributed by atoms with Crippen molar-refractivity contribution >= 4 is 21.4 Å². The molecule has 8 nitrogen and oxygen atoms in total. The van der Waals surface area contributed by atoms with E-state index >= 15 is 0 Å². The number of rotatable bonds is 4. The van der Waals surface area contributed by atoms with Crippen molar-refractivity contribution in [1.82, 2.24) is 4.98 Å². The number of pyridine rings is 1. The first kappa shape index (κ1) is 14.7. The van der Waals surface area contributed by atoms with E-state index in [0.717, 1.165) is 24.4 Å². The van der Waals surface area contributed by atoms with Crippen molar-refractivity contribution in [3.63, 3.8) is 0 Å². The molecule has 9 heteroatoms. The van der Waals surface area contributed by atoms with Gasteiger partial charge in [-0.15, -0.1) is 0 Å². The predicted octanol–water partition coefficient (Wildman–Crippen LogP) is 1.39. The molecule has 0 aliphatic carbocycles. The number of benzene rings is 1. The van der Waals surface area contributed by atoms with Crippen LogP contribution in [0.5, 0.6) is 0 Å². The highest BCUT2D eigenvalue weighted by Crippen LogP contribution is 2.24. The molecular weight excluding hydrogens is 298 g/mol. The summed E-state index contributed by atoms with van der Waals surface area (Å²) < 4.78 is 26.4. The lowest BCUT2D eigenvalue weighted by atomic mass is 10.2. The summed E-state index contributed by atoms with van der Waals surface area (Å²) >= 11 is 0. The first-order valence-electron chi connectivity index (χ1n) is 5.76. The van der Waals surface area contributed by atoms with E-state index in [0.29, 0.717) is 5.56 Å². The minimum Gasteiger partial charge on any atom is -0.328 e. The maximum atomic E-state index is 12.1. The van der Waals surface area contributed by atoms with E-state index in [-0.39, 0.29) is 16.3 Å². The summed E-state index contributed by atoms with van der Waals surface area (Å²) in [6.45, 7) is 1.55. The lowest BCUT2D eigenvalue weighted by Crippen LogP contribution is -2.15. The lowest BCUT2D eigenvalue weighted by Gasteiger charge is -2.08. The third-order valence-electron chi connectivity index (χ3n) is 2.72. The van der Waals surface area contributed by atoms with Crippen LogP contribution in [0, 0.1) is 17.0 Å². The summed E-state index contributed by atoms with van der Waals surface area (Å²) in [4.78, 5) is 23.3. The number of nitrogens with zero attached hydrogens (tertiary/aromatic N) is 1. The highest BCUT2D eigenvalue weighted by atomic mass is 32.2. The van der Waals surface area contributed by atoms with Crippen LogP contribution in [-0.4, -0.2) is 18.3 Å². The summed E-state index contributed by atoms with van der Waals surface area (Å²) in [7, 11) is -3.93. The van der Waals surface area contributed by atoms with Gasteiger partial charge in [0.1, 0.15) is 4.90 Å². The quantitative estimate of drug-likeness (QED) is 0.652. The van der Waals surface area contributed by atoms with Crippen molar-refractivity contribution in [1.29, 1.82) is 0 Å². The fourth-order valence-corrected chi connectivity index (χ4v) is 2.66. The maximum absolute atomic E-state index is 12.1. The van der Waals surface area contributed by atoms with Crippen LogP contribution >= 0.6 is 0 Å². The zero-order valence-corrected chi connectivity index (χ0v) is 11.7. The third kappa shape index (κ3) is 3.26. The van der Waals surface area contributed by atoms with Gasteiger partial charge in [0.25, 0.3) is 15.7 Å². The highest BCUT2D eigenvalue weighted by Gasteiger charge is 2.17. The van der Waals surface area contributed by atoms with Gasteiger partial charge in [0.2, 0.25) is 5.56 Å². The van der Waals surface area contributed by atoms with Gasteiger partial charge < -0.3 is 4.98 Å². The van der Waals surface area contributed by atoms with E-state index in [1.165, 1.54) is 12.1 Å². The second kappa shape index (κ2) is 5.37. The number of aryl methyl sites for hydroxylation is 1. The Morgan fingerprint density at radius 2 is 1.95 bits per heavy atom. The van der Waals surface area contributed by atoms with Gasteiger partial charge in [-0.25, -0.2) is 8.42 Å². The molecule has 0 unspecified atom stereocenters. The molecule has 1 aromatic carbocycles. The van der Waals surface area contributed by atoms with Gasteiger partial charge in [-0.05, 0) is 19.1 Å². The minimum absolute atomic E-state index is 0.0681. The molecule has 0 saturated carbocycles. The number of aromatic nitrogens is 1. The summed E-state index contributed by atoms with van der Waals surface area (Å²) in [5, 5.41) is 10.8. The van der Waals surface area contributed by atoms with E-state index < -0.39 is 20.5 Å². The van der Waals surface area contributed by atoms with Crippen LogP contribution in [0.25, 0.3) is 0 Å². The molecule has 0 aliphatic heterocycles. The molecule has 0 radical (unpaired) electrons. The molecule has 0 saturated heterocycles. The number of nitro benzene ring substituents is 1.